The van der Waals surface area contributed by atoms with Crippen LogP contribution in [0.15, 0.2) is 192 Å². The van der Waals surface area contributed by atoms with E-state index in [0.717, 1.165) is 104 Å². The lowest BCUT2D eigenvalue weighted by molar-refractivity contribution is -0.137. The minimum absolute atomic E-state index is 0.661. The van der Waals surface area contributed by atoms with Gasteiger partial charge in [0.15, 0.2) is 0 Å². The average molecular weight is 765 g/mol. The Hall–Kier alpha value is -7.43. The second-order valence-electron chi connectivity index (χ2n) is 15.4. The van der Waals surface area contributed by atoms with E-state index < -0.39 is 11.7 Å². The molecule has 0 aliphatic heterocycles. The molecule has 1 heterocycles. The SMILES string of the molecule is FC(F)(F)c1ccc(-c2c3ccccc3c(-c3c4ccccc4c(-c4ccc5c(c4)oc4c5ccc5c6ccccc6ccc54)c4ccccc34)c3ccccc23)cc1. The van der Waals surface area contributed by atoms with Crippen molar-refractivity contribution in [3.8, 4) is 33.4 Å². The molecule has 59 heavy (non-hydrogen) atoms. The summed E-state index contributed by atoms with van der Waals surface area (Å²) < 4.78 is 47.8. The molecule has 278 valence electrons. The van der Waals surface area contributed by atoms with Gasteiger partial charge in [0.05, 0.1) is 5.56 Å². The molecule has 0 saturated carbocycles. The van der Waals surface area contributed by atoms with Gasteiger partial charge in [-0.2, -0.15) is 13.2 Å². The first kappa shape index (κ1) is 33.7. The highest BCUT2D eigenvalue weighted by molar-refractivity contribution is 6.30. The van der Waals surface area contributed by atoms with Crippen molar-refractivity contribution >= 4 is 86.6 Å². The van der Waals surface area contributed by atoms with Gasteiger partial charge in [-0.25, -0.2) is 0 Å². The van der Waals surface area contributed by atoms with Crippen LogP contribution >= 0.6 is 0 Å². The molecule has 0 aliphatic carbocycles. The number of rotatable bonds is 3. The van der Waals surface area contributed by atoms with E-state index in [9.17, 15) is 13.2 Å². The number of fused-ring (bicyclic) bond motifs is 11. The molecule has 1 nitrogen and oxygen atoms in total. The van der Waals surface area contributed by atoms with Crippen molar-refractivity contribution in [1.82, 2.24) is 0 Å². The molecule has 0 N–H and O–H groups in total. The summed E-state index contributed by atoms with van der Waals surface area (Å²) in [4.78, 5) is 0. The van der Waals surface area contributed by atoms with Crippen LogP contribution in [-0.2, 0) is 6.18 Å². The lowest BCUT2D eigenvalue weighted by atomic mass is 9.81. The molecule has 0 atom stereocenters. The Labute approximate surface area is 336 Å². The van der Waals surface area contributed by atoms with E-state index in [1.165, 1.54) is 28.3 Å². The van der Waals surface area contributed by atoms with Crippen LogP contribution in [0.2, 0.25) is 0 Å². The van der Waals surface area contributed by atoms with Crippen molar-refractivity contribution in [3.63, 3.8) is 0 Å². The zero-order valence-electron chi connectivity index (χ0n) is 31.4. The zero-order valence-corrected chi connectivity index (χ0v) is 31.4. The van der Waals surface area contributed by atoms with Crippen molar-refractivity contribution in [2.75, 3.05) is 0 Å². The number of furan rings is 1. The van der Waals surface area contributed by atoms with Crippen LogP contribution < -0.4 is 0 Å². The number of halogens is 3. The molecular formula is C55H31F3O. The Balaban J connectivity index is 1.13. The van der Waals surface area contributed by atoms with E-state index >= 15 is 0 Å². The Kier molecular flexibility index (Phi) is 7.16. The normalized spacial score (nSPS) is 12.3. The summed E-state index contributed by atoms with van der Waals surface area (Å²) in [5.41, 5.74) is 7.14. The van der Waals surface area contributed by atoms with E-state index in [1.807, 2.05) is 24.3 Å². The third-order valence-corrected chi connectivity index (χ3v) is 12.3. The Morgan fingerprint density at radius 2 is 0.695 bits per heavy atom. The molecule has 11 aromatic carbocycles. The van der Waals surface area contributed by atoms with E-state index in [4.69, 9.17) is 4.42 Å². The number of hydrogen-bond donors (Lipinski definition) is 0. The molecule has 0 radical (unpaired) electrons. The van der Waals surface area contributed by atoms with Gasteiger partial charge >= 0.3 is 6.18 Å². The van der Waals surface area contributed by atoms with Gasteiger partial charge in [-0.05, 0) is 129 Å². The molecular weight excluding hydrogens is 734 g/mol. The van der Waals surface area contributed by atoms with Crippen LogP contribution in [0.25, 0.3) is 120 Å². The monoisotopic (exact) mass is 764 g/mol. The summed E-state index contributed by atoms with van der Waals surface area (Å²) in [6, 6.07) is 63.2. The molecule has 0 spiro atoms. The molecule has 12 aromatic rings. The lowest BCUT2D eigenvalue weighted by Crippen LogP contribution is -2.04. The first-order valence-electron chi connectivity index (χ1n) is 19.7. The van der Waals surface area contributed by atoms with Crippen LogP contribution in [-0.4, -0.2) is 0 Å². The summed E-state index contributed by atoms with van der Waals surface area (Å²) in [7, 11) is 0. The molecule has 0 unspecified atom stereocenters. The molecule has 4 heteroatoms. The van der Waals surface area contributed by atoms with Crippen molar-refractivity contribution in [2.24, 2.45) is 0 Å². The van der Waals surface area contributed by atoms with Crippen LogP contribution in [0.1, 0.15) is 5.56 Å². The summed E-state index contributed by atoms with van der Waals surface area (Å²) in [5.74, 6) is 0. The van der Waals surface area contributed by atoms with Gasteiger partial charge in [0.2, 0.25) is 0 Å². The fourth-order valence-corrected chi connectivity index (χ4v) is 9.72. The van der Waals surface area contributed by atoms with E-state index in [-0.39, 0.29) is 0 Å². The summed E-state index contributed by atoms with van der Waals surface area (Å²) in [6.07, 6.45) is -4.41. The first-order valence-corrected chi connectivity index (χ1v) is 19.7. The second kappa shape index (κ2) is 12.5. The summed E-state index contributed by atoms with van der Waals surface area (Å²) >= 11 is 0. The molecule has 1 aromatic heterocycles. The van der Waals surface area contributed by atoms with Gasteiger partial charge in [-0.15, -0.1) is 0 Å². The molecule has 0 aliphatic rings. The third-order valence-electron chi connectivity index (χ3n) is 12.3. The number of alkyl halides is 3. The van der Waals surface area contributed by atoms with Gasteiger partial charge in [0.25, 0.3) is 0 Å². The van der Waals surface area contributed by atoms with Crippen molar-refractivity contribution < 1.29 is 17.6 Å². The van der Waals surface area contributed by atoms with Crippen molar-refractivity contribution in [3.05, 3.63) is 194 Å². The van der Waals surface area contributed by atoms with Crippen LogP contribution in [0, 0.1) is 0 Å². The number of benzene rings is 11. The minimum Gasteiger partial charge on any atom is -0.455 e. The zero-order chi connectivity index (χ0) is 39.4. The Bertz CT molecular complexity index is 3590. The highest BCUT2D eigenvalue weighted by Crippen LogP contribution is 2.50. The van der Waals surface area contributed by atoms with Crippen molar-refractivity contribution in [2.45, 2.75) is 6.18 Å². The van der Waals surface area contributed by atoms with Crippen LogP contribution in [0.5, 0.6) is 0 Å². The van der Waals surface area contributed by atoms with Gasteiger partial charge in [-0.1, -0.05) is 152 Å². The third kappa shape index (κ3) is 4.99. The second-order valence-corrected chi connectivity index (χ2v) is 15.4. The van der Waals surface area contributed by atoms with E-state index in [2.05, 4.69) is 140 Å². The van der Waals surface area contributed by atoms with Crippen molar-refractivity contribution in [1.29, 1.82) is 0 Å². The van der Waals surface area contributed by atoms with Gasteiger partial charge < -0.3 is 4.42 Å². The topological polar surface area (TPSA) is 13.1 Å². The van der Waals surface area contributed by atoms with E-state index in [0.29, 0.717) is 0 Å². The summed E-state index contributed by atoms with van der Waals surface area (Å²) in [5, 5.41) is 15.4. The van der Waals surface area contributed by atoms with Crippen LogP contribution in [0.3, 0.4) is 0 Å². The lowest BCUT2D eigenvalue weighted by Gasteiger charge is -2.22. The fraction of sp³-hybridized carbons (Fsp3) is 0.0182. The highest BCUT2D eigenvalue weighted by Gasteiger charge is 2.30. The highest BCUT2D eigenvalue weighted by atomic mass is 19.4. The minimum atomic E-state index is -4.41. The fourth-order valence-electron chi connectivity index (χ4n) is 9.72. The predicted molar refractivity (Wildman–Crippen MR) is 240 cm³/mol. The van der Waals surface area contributed by atoms with E-state index in [1.54, 1.807) is 12.1 Å². The average Bonchev–Trinajstić information content (AvgIpc) is 3.65. The quantitative estimate of drug-likeness (QED) is 0.129. The van der Waals surface area contributed by atoms with Gasteiger partial charge in [-0.3, -0.25) is 0 Å². The Morgan fingerprint density at radius 3 is 1.22 bits per heavy atom. The molecule has 0 saturated heterocycles. The maximum Gasteiger partial charge on any atom is 0.416 e. The maximum absolute atomic E-state index is 13.7. The van der Waals surface area contributed by atoms with Gasteiger partial charge in [0.1, 0.15) is 11.2 Å². The molecule has 0 fully saturated rings. The smallest absolute Gasteiger partial charge is 0.416 e. The summed E-state index contributed by atoms with van der Waals surface area (Å²) in [6.45, 7) is 0. The Morgan fingerprint density at radius 1 is 0.305 bits per heavy atom. The first-order chi connectivity index (χ1) is 28.9. The maximum atomic E-state index is 13.7. The van der Waals surface area contributed by atoms with Crippen LogP contribution in [0.4, 0.5) is 13.2 Å². The predicted octanol–water partition coefficient (Wildman–Crippen LogP) is 16.5. The molecule has 0 amide bonds. The number of hydrogen-bond acceptors (Lipinski definition) is 1. The van der Waals surface area contributed by atoms with Gasteiger partial charge in [0, 0.05) is 16.2 Å². The molecule has 12 rings (SSSR count). The molecule has 0 bridgehead atoms. The largest absolute Gasteiger partial charge is 0.455 e. The standard InChI is InChI=1S/C55H31F3O/c56-55(57,58)35-25-21-33(22-26-35)50-39-13-3-7-17-43(39)52(44-18-8-4-14-40(44)50)53-45-19-9-5-15-41(45)51(42-16-6-10-20-46(42)53)34-24-27-38-48-30-29-37-36-12-2-1-11-32(36)23-28-47(37)54(48)59-49(38)31-34/h1-31H.